The zero-order valence-electron chi connectivity index (χ0n) is 17.7. The summed E-state index contributed by atoms with van der Waals surface area (Å²) in [5.74, 6) is 0.508. The summed E-state index contributed by atoms with van der Waals surface area (Å²) in [7, 11) is 2.11. The number of benzene rings is 1. The Morgan fingerprint density at radius 1 is 1.29 bits per heavy atom. The van der Waals surface area contributed by atoms with Gasteiger partial charge in [0.05, 0.1) is 24.2 Å². The van der Waals surface area contributed by atoms with Crippen LogP contribution in [0.1, 0.15) is 22.8 Å². The first kappa shape index (κ1) is 19.8. The summed E-state index contributed by atoms with van der Waals surface area (Å²) in [6.07, 6.45) is 5.53. The third-order valence-corrected chi connectivity index (χ3v) is 6.05. The first-order chi connectivity index (χ1) is 15.0. The molecule has 9 heteroatoms. The molecule has 0 spiro atoms. The van der Waals surface area contributed by atoms with Crippen LogP contribution >= 0.6 is 0 Å². The number of carbonyl (C=O) groups is 1. The van der Waals surface area contributed by atoms with E-state index < -0.39 is 5.60 Å². The third kappa shape index (κ3) is 3.60. The molecule has 1 aromatic carbocycles. The van der Waals surface area contributed by atoms with E-state index in [-0.39, 0.29) is 12.5 Å². The normalized spacial score (nSPS) is 21.2. The van der Waals surface area contributed by atoms with Crippen LogP contribution < -0.4 is 15.0 Å². The monoisotopic (exact) mass is 422 g/mol. The Labute approximate surface area is 180 Å². The van der Waals surface area contributed by atoms with E-state index in [9.17, 15) is 9.90 Å². The van der Waals surface area contributed by atoms with Crippen molar-refractivity contribution in [2.75, 3.05) is 50.1 Å². The number of aliphatic hydroxyl groups is 1. The van der Waals surface area contributed by atoms with Gasteiger partial charge in [0.15, 0.2) is 5.65 Å². The van der Waals surface area contributed by atoms with Gasteiger partial charge < -0.3 is 25.0 Å². The average molecular weight is 422 g/mol. The number of anilines is 2. The van der Waals surface area contributed by atoms with E-state index in [1.54, 1.807) is 23.0 Å². The minimum atomic E-state index is -0.642. The first-order valence-electron chi connectivity index (χ1n) is 10.5. The van der Waals surface area contributed by atoms with Crippen LogP contribution in [-0.2, 0) is 6.42 Å². The van der Waals surface area contributed by atoms with E-state index in [1.807, 2.05) is 19.1 Å². The van der Waals surface area contributed by atoms with Gasteiger partial charge in [0.25, 0.3) is 5.91 Å². The van der Waals surface area contributed by atoms with Crippen molar-refractivity contribution in [2.24, 2.45) is 0 Å². The lowest BCUT2D eigenvalue weighted by Crippen LogP contribution is -2.44. The number of amides is 1. The molecule has 1 fully saturated rings. The van der Waals surface area contributed by atoms with Crippen LogP contribution in [0.25, 0.3) is 5.65 Å². The molecule has 1 saturated heterocycles. The molecule has 31 heavy (non-hydrogen) atoms. The van der Waals surface area contributed by atoms with Gasteiger partial charge in [-0.15, -0.1) is 0 Å². The highest BCUT2D eigenvalue weighted by molar-refractivity contribution is 6.09. The molecule has 162 valence electrons. The summed E-state index contributed by atoms with van der Waals surface area (Å²) in [6, 6.07) is 5.73. The predicted molar refractivity (Wildman–Crippen MR) is 117 cm³/mol. The highest BCUT2D eigenvalue weighted by Crippen LogP contribution is 2.42. The molecule has 0 bridgehead atoms. The lowest BCUT2D eigenvalue weighted by atomic mass is 9.99. The topological polar surface area (TPSA) is 95.2 Å². The molecule has 3 aromatic rings. The van der Waals surface area contributed by atoms with E-state index >= 15 is 0 Å². The molecular weight excluding hydrogens is 396 g/mol. The van der Waals surface area contributed by atoms with Gasteiger partial charge in [-0.1, -0.05) is 0 Å². The van der Waals surface area contributed by atoms with E-state index in [2.05, 4.69) is 32.2 Å². The number of fused-ring (bicyclic) bond motifs is 2. The minimum absolute atomic E-state index is 0.0682. The van der Waals surface area contributed by atoms with Crippen LogP contribution in [0.3, 0.4) is 0 Å². The summed E-state index contributed by atoms with van der Waals surface area (Å²) in [5, 5.41) is 17.1. The van der Waals surface area contributed by atoms with Crippen molar-refractivity contribution < 1.29 is 14.6 Å². The standard InChI is InChI=1S/C22H26N6O3/c1-22(14-29)12-15-10-17(18(11-19(15)31-22)27-8-6-26(2)7-9-27)25-21(30)16-13-24-28-5-3-4-23-20(16)28/h3-5,10-11,13,29H,6-9,12,14H2,1-2H3,(H,25,30). The summed E-state index contributed by atoms with van der Waals surface area (Å²) in [4.78, 5) is 22.0. The van der Waals surface area contributed by atoms with E-state index in [0.717, 1.165) is 48.9 Å². The van der Waals surface area contributed by atoms with Gasteiger partial charge in [0.1, 0.15) is 16.9 Å². The van der Waals surface area contributed by atoms with Gasteiger partial charge in [-0.05, 0) is 26.1 Å². The van der Waals surface area contributed by atoms with E-state index in [0.29, 0.717) is 17.6 Å². The number of nitrogens with zero attached hydrogens (tertiary/aromatic N) is 5. The predicted octanol–water partition coefficient (Wildman–Crippen LogP) is 1.42. The van der Waals surface area contributed by atoms with Crippen LogP contribution in [0.2, 0.25) is 0 Å². The molecule has 1 unspecified atom stereocenters. The Kier molecular flexibility index (Phi) is 4.79. The smallest absolute Gasteiger partial charge is 0.261 e. The maximum Gasteiger partial charge on any atom is 0.261 e. The van der Waals surface area contributed by atoms with Gasteiger partial charge in [-0.25, -0.2) is 9.50 Å². The number of aliphatic hydroxyl groups excluding tert-OH is 1. The Hall–Kier alpha value is -3.17. The maximum atomic E-state index is 13.2. The molecule has 5 rings (SSSR count). The minimum Gasteiger partial charge on any atom is -0.484 e. The number of hydrogen-bond donors (Lipinski definition) is 2. The van der Waals surface area contributed by atoms with Gasteiger partial charge in [-0.2, -0.15) is 5.10 Å². The van der Waals surface area contributed by atoms with Crippen LogP contribution in [0.15, 0.2) is 36.8 Å². The number of rotatable bonds is 4. The SMILES string of the molecule is CN1CCN(c2cc3c(cc2NC(=O)c2cnn4cccnc24)CC(C)(CO)O3)CC1. The van der Waals surface area contributed by atoms with Crippen molar-refractivity contribution in [3.05, 3.63) is 47.9 Å². The second-order valence-electron chi connectivity index (χ2n) is 8.55. The molecule has 0 aliphatic carbocycles. The largest absolute Gasteiger partial charge is 0.484 e. The number of aromatic nitrogens is 3. The Morgan fingerprint density at radius 2 is 2.10 bits per heavy atom. The van der Waals surface area contributed by atoms with Gasteiger partial charge in [-0.3, -0.25) is 4.79 Å². The lowest BCUT2D eigenvalue weighted by Gasteiger charge is -2.35. The van der Waals surface area contributed by atoms with Crippen LogP contribution in [0.5, 0.6) is 5.75 Å². The van der Waals surface area contributed by atoms with E-state index in [4.69, 9.17) is 4.74 Å². The second kappa shape index (κ2) is 7.51. The summed E-state index contributed by atoms with van der Waals surface area (Å²) < 4.78 is 7.65. The fraction of sp³-hybridized carbons (Fsp3) is 0.409. The molecule has 9 nitrogen and oxygen atoms in total. The van der Waals surface area contributed by atoms with Crippen molar-refractivity contribution in [2.45, 2.75) is 18.9 Å². The summed E-state index contributed by atoms with van der Waals surface area (Å²) in [6.45, 7) is 5.42. The number of piperazine rings is 1. The molecular formula is C22H26N6O3. The number of ether oxygens (including phenoxy) is 1. The van der Waals surface area contributed by atoms with Crippen LogP contribution in [-0.4, -0.2) is 75.9 Å². The van der Waals surface area contributed by atoms with Gasteiger partial charge in [0.2, 0.25) is 0 Å². The molecule has 2 aliphatic rings. The zero-order valence-corrected chi connectivity index (χ0v) is 17.7. The molecule has 1 atom stereocenters. The highest BCUT2D eigenvalue weighted by atomic mass is 16.5. The van der Waals surface area contributed by atoms with Crippen LogP contribution in [0, 0.1) is 0 Å². The molecule has 2 N–H and O–H groups in total. The number of likely N-dealkylation sites (N-methyl/N-ethyl adjacent to an activating group) is 1. The summed E-state index contributed by atoms with van der Waals surface area (Å²) in [5.41, 5.74) is 2.92. The van der Waals surface area contributed by atoms with Crippen molar-refractivity contribution in [1.29, 1.82) is 0 Å². The maximum absolute atomic E-state index is 13.2. The third-order valence-electron chi connectivity index (χ3n) is 6.05. The molecule has 4 heterocycles. The molecule has 1 amide bonds. The molecule has 2 aliphatic heterocycles. The molecule has 2 aromatic heterocycles. The van der Waals surface area contributed by atoms with Crippen LogP contribution in [0.4, 0.5) is 11.4 Å². The van der Waals surface area contributed by atoms with Gasteiger partial charge >= 0.3 is 0 Å². The molecule has 0 radical (unpaired) electrons. The van der Waals surface area contributed by atoms with Crippen molar-refractivity contribution in [1.82, 2.24) is 19.5 Å². The first-order valence-corrected chi connectivity index (χ1v) is 10.5. The highest BCUT2D eigenvalue weighted by Gasteiger charge is 2.36. The summed E-state index contributed by atoms with van der Waals surface area (Å²) >= 11 is 0. The quantitative estimate of drug-likeness (QED) is 0.657. The average Bonchev–Trinajstić information content (AvgIpc) is 3.34. The number of hydrogen-bond acceptors (Lipinski definition) is 7. The lowest BCUT2D eigenvalue weighted by molar-refractivity contribution is 0.0447. The fourth-order valence-electron chi connectivity index (χ4n) is 4.23. The molecule has 0 saturated carbocycles. The Morgan fingerprint density at radius 3 is 2.87 bits per heavy atom. The number of carbonyl (C=O) groups excluding carboxylic acids is 1. The van der Waals surface area contributed by atoms with E-state index in [1.165, 1.54) is 6.20 Å². The van der Waals surface area contributed by atoms with Crippen molar-refractivity contribution in [3.8, 4) is 5.75 Å². The van der Waals surface area contributed by atoms with Crippen molar-refractivity contribution in [3.63, 3.8) is 0 Å². The number of nitrogens with one attached hydrogen (secondary N) is 1. The Balaban J connectivity index is 1.50. The Bertz CT molecular complexity index is 1140. The second-order valence-corrected chi connectivity index (χ2v) is 8.55. The van der Waals surface area contributed by atoms with Gasteiger partial charge in [0, 0.05) is 56.6 Å². The van der Waals surface area contributed by atoms with Crippen molar-refractivity contribution >= 4 is 22.9 Å². The fourth-order valence-corrected chi connectivity index (χ4v) is 4.23. The zero-order chi connectivity index (χ0) is 21.6.